The highest BCUT2D eigenvalue weighted by Crippen LogP contribution is 2.15. The molecular formula is C15H22O2. The Morgan fingerprint density at radius 3 is 2.76 bits per heavy atom. The smallest absolute Gasteiger partial charge is 0.136 e. The Labute approximate surface area is 104 Å². The molecule has 0 aliphatic heterocycles. The molecule has 1 aromatic carbocycles. The average Bonchev–Trinajstić information content (AvgIpc) is 2.35. The van der Waals surface area contributed by atoms with Crippen LogP contribution in [0.15, 0.2) is 24.3 Å². The van der Waals surface area contributed by atoms with E-state index < -0.39 is 0 Å². The van der Waals surface area contributed by atoms with Crippen molar-refractivity contribution >= 4 is 5.78 Å². The average molecular weight is 234 g/mol. The number of ketones is 1. The van der Waals surface area contributed by atoms with Crippen LogP contribution >= 0.6 is 0 Å². The van der Waals surface area contributed by atoms with Crippen molar-refractivity contribution in [2.24, 2.45) is 0 Å². The number of hydrogen-bond acceptors (Lipinski definition) is 2. The van der Waals surface area contributed by atoms with Crippen LogP contribution in [0.1, 0.15) is 45.1 Å². The molecule has 0 saturated carbocycles. The van der Waals surface area contributed by atoms with Gasteiger partial charge in [-0.05, 0) is 24.1 Å². The molecule has 0 bridgehead atoms. The highest BCUT2D eigenvalue weighted by Gasteiger charge is 2.02. The Bertz CT molecular complexity index is 345. The summed E-state index contributed by atoms with van der Waals surface area (Å²) >= 11 is 0. The molecule has 0 aromatic heterocycles. The number of hydrogen-bond donors (Lipinski definition) is 0. The van der Waals surface area contributed by atoms with Gasteiger partial charge >= 0.3 is 0 Å². The first-order valence-electron chi connectivity index (χ1n) is 6.49. The lowest BCUT2D eigenvalue weighted by Gasteiger charge is -2.07. The monoisotopic (exact) mass is 234 g/mol. The predicted molar refractivity (Wildman–Crippen MR) is 70.5 cm³/mol. The third-order valence-corrected chi connectivity index (χ3v) is 2.71. The number of benzene rings is 1. The molecule has 17 heavy (non-hydrogen) atoms. The molecule has 0 unspecified atom stereocenters. The largest absolute Gasteiger partial charge is 0.494 e. The number of carbonyl (C=O) groups is 1. The van der Waals surface area contributed by atoms with Gasteiger partial charge in [0.2, 0.25) is 0 Å². The van der Waals surface area contributed by atoms with Crippen molar-refractivity contribution < 1.29 is 9.53 Å². The van der Waals surface area contributed by atoms with E-state index >= 15 is 0 Å². The molecule has 94 valence electrons. The number of rotatable bonds is 8. The second-order valence-corrected chi connectivity index (χ2v) is 4.27. The van der Waals surface area contributed by atoms with E-state index in [9.17, 15) is 4.79 Å². The summed E-state index contributed by atoms with van der Waals surface area (Å²) in [6.07, 6.45) is 4.61. The third-order valence-electron chi connectivity index (χ3n) is 2.71. The van der Waals surface area contributed by atoms with Crippen LogP contribution in [-0.4, -0.2) is 12.4 Å². The van der Waals surface area contributed by atoms with E-state index in [1.54, 1.807) is 0 Å². The van der Waals surface area contributed by atoms with Crippen LogP contribution in [0.3, 0.4) is 0 Å². The maximum Gasteiger partial charge on any atom is 0.136 e. The van der Waals surface area contributed by atoms with E-state index in [-0.39, 0.29) is 5.78 Å². The lowest BCUT2D eigenvalue weighted by molar-refractivity contribution is -0.118. The molecule has 1 aromatic rings. The van der Waals surface area contributed by atoms with Crippen molar-refractivity contribution in [3.63, 3.8) is 0 Å². The summed E-state index contributed by atoms with van der Waals surface area (Å²) < 4.78 is 5.65. The van der Waals surface area contributed by atoms with Crippen LogP contribution in [0.25, 0.3) is 0 Å². The van der Waals surface area contributed by atoms with Gasteiger partial charge in [-0.25, -0.2) is 0 Å². The third kappa shape index (κ3) is 5.53. The van der Waals surface area contributed by atoms with Crippen LogP contribution in [0, 0.1) is 0 Å². The fourth-order valence-electron chi connectivity index (χ4n) is 1.64. The first-order chi connectivity index (χ1) is 8.26. The van der Waals surface area contributed by atoms with Gasteiger partial charge in [-0.1, -0.05) is 38.8 Å². The van der Waals surface area contributed by atoms with Crippen molar-refractivity contribution in [1.82, 2.24) is 0 Å². The molecule has 0 radical (unpaired) electrons. The maximum absolute atomic E-state index is 11.4. The Hall–Kier alpha value is -1.31. The van der Waals surface area contributed by atoms with Gasteiger partial charge in [0.25, 0.3) is 0 Å². The minimum Gasteiger partial charge on any atom is -0.494 e. The Morgan fingerprint density at radius 2 is 2.06 bits per heavy atom. The van der Waals surface area contributed by atoms with Gasteiger partial charge in [0.15, 0.2) is 0 Å². The number of carbonyl (C=O) groups excluding carboxylic acids is 1. The van der Waals surface area contributed by atoms with Gasteiger partial charge in [-0.15, -0.1) is 0 Å². The van der Waals surface area contributed by atoms with Crippen molar-refractivity contribution in [3.05, 3.63) is 29.8 Å². The molecule has 2 nitrogen and oxygen atoms in total. The summed E-state index contributed by atoms with van der Waals surface area (Å²) in [5.74, 6) is 1.15. The molecule has 0 aliphatic carbocycles. The summed E-state index contributed by atoms with van der Waals surface area (Å²) in [4.78, 5) is 11.4. The minimum absolute atomic E-state index is 0.271. The van der Waals surface area contributed by atoms with E-state index in [1.807, 2.05) is 31.2 Å². The molecule has 1 rings (SSSR count). The van der Waals surface area contributed by atoms with Crippen LogP contribution < -0.4 is 4.74 Å². The zero-order valence-corrected chi connectivity index (χ0v) is 10.9. The molecular weight excluding hydrogens is 212 g/mol. The Balaban J connectivity index is 2.45. The van der Waals surface area contributed by atoms with Crippen molar-refractivity contribution in [2.45, 2.75) is 46.0 Å². The fourth-order valence-corrected chi connectivity index (χ4v) is 1.64. The predicted octanol–water partition coefficient (Wildman–Crippen LogP) is 3.78. The van der Waals surface area contributed by atoms with Gasteiger partial charge < -0.3 is 4.74 Å². The number of unbranched alkanes of at least 4 members (excludes halogenated alkanes) is 2. The molecule has 0 N–H and O–H groups in total. The molecule has 0 spiro atoms. The van der Waals surface area contributed by atoms with E-state index in [0.717, 1.165) is 24.3 Å². The maximum atomic E-state index is 11.4. The van der Waals surface area contributed by atoms with Gasteiger partial charge in [0, 0.05) is 12.8 Å². The summed E-state index contributed by atoms with van der Waals surface area (Å²) in [5.41, 5.74) is 1.05. The minimum atomic E-state index is 0.271. The standard InChI is InChI=1S/C15H22O2/c1-3-5-6-10-17-15-9-7-8-13(12-15)11-14(16)4-2/h7-9,12H,3-6,10-11H2,1-2H3. The molecule has 0 saturated heterocycles. The summed E-state index contributed by atoms with van der Waals surface area (Å²) in [6, 6.07) is 7.85. The zero-order valence-electron chi connectivity index (χ0n) is 10.9. The Morgan fingerprint density at radius 1 is 1.24 bits per heavy atom. The van der Waals surface area contributed by atoms with Gasteiger partial charge in [-0.2, -0.15) is 0 Å². The first kappa shape index (κ1) is 13.8. The first-order valence-corrected chi connectivity index (χ1v) is 6.49. The van der Waals surface area contributed by atoms with Crippen molar-refractivity contribution in [2.75, 3.05) is 6.61 Å². The summed E-state index contributed by atoms with van der Waals surface area (Å²) in [5, 5.41) is 0. The highest BCUT2D eigenvalue weighted by molar-refractivity contribution is 5.80. The van der Waals surface area contributed by atoms with Crippen molar-refractivity contribution in [3.8, 4) is 5.75 Å². The topological polar surface area (TPSA) is 26.3 Å². The van der Waals surface area contributed by atoms with Crippen LogP contribution in [0.5, 0.6) is 5.75 Å². The van der Waals surface area contributed by atoms with E-state index in [1.165, 1.54) is 12.8 Å². The summed E-state index contributed by atoms with van der Waals surface area (Å²) in [6.45, 7) is 4.84. The van der Waals surface area contributed by atoms with Crippen LogP contribution in [-0.2, 0) is 11.2 Å². The van der Waals surface area contributed by atoms with Gasteiger partial charge in [-0.3, -0.25) is 4.79 Å². The number of Topliss-reactive ketones (excluding diaryl/α,β-unsaturated/α-hetero) is 1. The van der Waals surface area contributed by atoms with Gasteiger partial charge in [0.1, 0.15) is 11.5 Å². The van der Waals surface area contributed by atoms with Crippen LogP contribution in [0.2, 0.25) is 0 Å². The molecule has 0 aliphatic rings. The molecule has 0 amide bonds. The molecule has 0 fully saturated rings. The fraction of sp³-hybridized carbons (Fsp3) is 0.533. The van der Waals surface area contributed by atoms with E-state index in [0.29, 0.717) is 12.8 Å². The van der Waals surface area contributed by atoms with E-state index in [4.69, 9.17) is 4.74 Å². The lowest BCUT2D eigenvalue weighted by Crippen LogP contribution is -2.01. The van der Waals surface area contributed by atoms with E-state index in [2.05, 4.69) is 6.92 Å². The second kappa shape index (κ2) is 7.88. The van der Waals surface area contributed by atoms with Crippen molar-refractivity contribution in [1.29, 1.82) is 0 Å². The quantitative estimate of drug-likeness (QED) is 0.640. The number of ether oxygens (including phenoxy) is 1. The zero-order chi connectivity index (χ0) is 12.5. The normalized spacial score (nSPS) is 10.2. The van der Waals surface area contributed by atoms with Crippen LogP contribution in [0.4, 0.5) is 0 Å². The highest BCUT2D eigenvalue weighted by atomic mass is 16.5. The second-order valence-electron chi connectivity index (χ2n) is 4.27. The molecule has 2 heteroatoms. The molecule has 0 atom stereocenters. The SMILES string of the molecule is CCCCCOc1cccc(CC(=O)CC)c1. The summed E-state index contributed by atoms with van der Waals surface area (Å²) in [7, 11) is 0. The Kier molecular flexibility index (Phi) is 6.38. The lowest BCUT2D eigenvalue weighted by atomic mass is 10.1. The van der Waals surface area contributed by atoms with Gasteiger partial charge in [0.05, 0.1) is 6.61 Å². The molecule has 0 heterocycles.